The van der Waals surface area contributed by atoms with Gasteiger partial charge in [-0.05, 0) is 133 Å². The Hall–Kier alpha value is -6.87. The van der Waals surface area contributed by atoms with Gasteiger partial charge in [-0.25, -0.2) is 24.9 Å². The van der Waals surface area contributed by atoms with Crippen molar-refractivity contribution in [3.05, 3.63) is 187 Å². The number of hydrogen-bond acceptors (Lipinski definition) is 23. The monoisotopic (exact) mass is 1390 g/mol. The van der Waals surface area contributed by atoms with Gasteiger partial charge in [0, 0.05) is 112 Å². The average molecular weight is 1400 g/mol. The fourth-order valence-electron chi connectivity index (χ4n) is 9.07. The van der Waals surface area contributed by atoms with Gasteiger partial charge in [-0.2, -0.15) is 20.8 Å². The van der Waals surface area contributed by atoms with Crippen LogP contribution in [0.15, 0.2) is 128 Å². The molecule has 9 N–H and O–H groups in total. The molecule has 2 aliphatic rings. The maximum absolute atomic E-state index is 9.13. The summed E-state index contributed by atoms with van der Waals surface area (Å²) in [5.41, 5.74) is 23.4. The summed E-state index contributed by atoms with van der Waals surface area (Å²) in [6.07, 6.45) is 5.82. The maximum Gasteiger partial charge on any atom is 1.00 e. The van der Waals surface area contributed by atoms with Gasteiger partial charge in [-0.3, -0.25) is 14.6 Å². The van der Waals surface area contributed by atoms with Crippen molar-refractivity contribution in [1.29, 1.82) is 15.8 Å². The molecule has 8 aromatic rings. The second kappa shape index (κ2) is 44.7. The number of nitrogens with two attached hydrogens (primary N) is 2. The molecule has 0 saturated carbocycles. The number of aliphatic hydroxyl groups is 2. The Morgan fingerprint density at radius 2 is 1.00 bits per heavy atom. The molecule has 0 amide bonds. The number of benzene rings is 5. The first-order valence-electron chi connectivity index (χ1n) is 28.5. The molecule has 5 aromatic carbocycles. The third kappa shape index (κ3) is 29.0. The Labute approximate surface area is 618 Å². The number of aliphatic hydroxyl groups excluding tert-OH is 2. The second-order valence-electron chi connectivity index (χ2n) is 20.2. The molecule has 2 fully saturated rings. The summed E-state index contributed by atoms with van der Waals surface area (Å²) in [5.74, 6) is 1.68. The van der Waals surface area contributed by atoms with Crippen LogP contribution in [0.5, 0.6) is 0 Å². The Kier molecular flexibility index (Phi) is 38.7. The molecule has 23 nitrogen and oxygen atoms in total. The summed E-state index contributed by atoms with van der Waals surface area (Å²) in [5, 5.41) is 64.6. The minimum absolute atomic E-state index is 0. The molecule has 0 bridgehead atoms. The molecule has 30 heteroatoms. The van der Waals surface area contributed by atoms with Crippen LogP contribution in [0.25, 0.3) is 0 Å². The second-order valence-corrected chi connectivity index (χ2v) is 22.1. The number of anilines is 10. The number of halogens is 5. The number of piperazine rings is 2. The van der Waals surface area contributed by atoms with Crippen LogP contribution in [0.2, 0.25) is 25.8 Å². The number of aromatic nitrogens is 6. The van der Waals surface area contributed by atoms with Gasteiger partial charge in [0.25, 0.3) is 6.47 Å². The number of nitrogen functional groups attached to an aromatic ring is 2. The first kappa shape index (κ1) is 81.4. The van der Waals surface area contributed by atoms with E-state index in [4.69, 9.17) is 106 Å². The van der Waals surface area contributed by atoms with E-state index in [-0.39, 0.29) is 90.8 Å². The minimum atomic E-state index is -0.181. The van der Waals surface area contributed by atoms with Crippen LogP contribution < -0.4 is 102 Å². The standard InChI is InChI=1S/C25H28ClN7O.C13H11ClN4.C12H18ClN3O.C9H10N2.C4H2Cl2N2.CH2O3.2Na.H/c1-18-2-4-22(19(16-18)6-8-27)30-24-7-9-28-25(31-24)29-20-3-5-23(21(26)17-20)33-12-10-32(11-13-33)14-15-34;1-9-2-3-11(10(8-9)4-6-15)17-12-5-7-16-13(14)18-12;13-11-9-10(14)1-2-12(11)16-5-3-15(4-6-16)7-8-17;1-7-2-3-9(11)8(6-7)4-5-10;5-3-1-2-7-4(6)8-3;2-1-4-3;;;/h2-5,7,9,16-17,34H,6,10-15H2,1H3,(H2,28,29,30,31);2-3,5,7-8H,4H2,1H3,(H,16,17,18);1-2,9,17H,3-8,14H2;2-3,6H,4,11H2,1H3;1-2H;1,3H;;;/q;;;;;;2*+1;-1/p-1. The van der Waals surface area contributed by atoms with Gasteiger partial charge in [0.1, 0.15) is 16.8 Å². The molecular weight excluding hydrogens is 1320 g/mol. The molecule has 484 valence electrons. The SMILES string of the molecule is Cc1ccc(N)c(CC#N)c1.Cc1ccc(Nc2ccnc(Cl)n2)c(CC#N)c1.Cc1ccc(Nc2ccnc(Nc3ccc(N4CCN(CCO)CC4)c(Cl)c3)n2)c(CC#N)c1.Clc1ccnc(Cl)n1.Nc1ccc(N2CCN(CCO)CC2)c(Cl)c1.O=CO[O-].[H-].[Na+].[Na+]. The van der Waals surface area contributed by atoms with Crippen LogP contribution in [0, 0.1) is 54.8 Å². The average Bonchev–Trinajstić information content (AvgIpc) is 0.895. The van der Waals surface area contributed by atoms with Crippen LogP contribution in [-0.4, -0.2) is 135 Å². The van der Waals surface area contributed by atoms with Gasteiger partial charge < -0.3 is 59.0 Å². The van der Waals surface area contributed by atoms with Crippen LogP contribution in [-0.2, 0) is 28.9 Å². The van der Waals surface area contributed by atoms with Crippen LogP contribution in [0.1, 0.15) is 34.8 Å². The van der Waals surface area contributed by atoms with Gasteiger partial charge in [0.15, 0.2) is 0 Å². The fraction of sp³-hybridized carbons (Fsp3) is 0.281. The third-order valence-corrected chi connectivity index (χ3v) is 14.7. The zero-order chi connectivity index (χ0) is 66.8. The summed E-state index contributed by atoms with van der Waals surface area (Å²) in [6.45, 7) is 15.0. The van der Waals surface area contributed by atoms with E-state index >= 15 is 0 Å². The molecule has 0 radical (unpaired) electrons. The van der Waals surface area contributed by atoms with Crippen molar-refractivity contribution in [2.24, 2.45) is 0 Å². The molecule has 0 unspecified atom stereocenters. The Bertz CT molecular complexity index is 3750. The summed E-state index contributed by atoms with van der Waals surface area (Å²) >= 11 is 29.3. The molecule has 5 heterocycles. The smallest absolute Gasteiger partial charge is 1.00 e. The summed E-state index contributed by atoms with van der Waals surface area (Å²) in [6, 6.07) is 40.6. The molecule has 0 spiro atoms. The van der Waals surface area contributed by atoms with Crippen LogP contribution >= 0.6 is 58.0 Å². The number of nitrogens with zero attached hydrogens (tertiary/aromatic N) is 13. The number of nitrogens with one attached hydrogen (secondary N) is 3. The number of carbonyl (C=O) groups is 1. The molecule has 3 aromatic heterocycles. The van der Waals surface area contributed by atoms with Crippen LogP contribution in [0.4, 0.5) is 57.4 Å². The summed E-state index contributed by atoms with van der Waals surface area (Å²) < 4.78 is 0. The zero-order valence-corrected chi connectivity index (χ0v) is 60.6. The molecular formula is C64H71Cl5N18Na2O5. The topological polar surface area (TPSA) is 340 Å². The van der Waals surface area contributed by atoms with Crippen molar-refractivity contribution in [2.75, 3.05) is 116 Å². The van der Waals surface area contributed by atoms with E-state index in [2.05, 4.69) is 88.5 Å². The van der Waals surface area contributed by atoms with Crippen LogP contribution in [0.3, 0.4) is 0 Å². The van der Waals surface area contributed by atoms with E-state index in [1.807, 2.05) is 106 Å². The van der Waals surface area contributed by atoms with Crippen molar-refractivity contribution >= 4 is 122 Å². The zero-order valence-electron chi connectivity index (χ0n) is 53.8. The van der Waals surface area contributed by atoms with Crippen molar-refractivity contribution < 1.29 is 85.7 Å². The molecule has 94 heavy (non-hydrogen) atoms. The van der Waals surface area contributed by atoms with Crippen molar-refractivity contribution in [1.82, 2.24) is 39.7 Å². The Morgan fingerprint density at radius 1 is 0.564 bits per heavy atom. The number of hydrogen-bond donors (Lipinski definition) is 7. The summed E-state index contributed by atoms with van der Waals surface area (Å²) in [4.78, 5) is 44.2. The van der Waals surface area contributed by atoms with Gasteiger partial charge >= 0.3 is 59.1 Å². The van der Waals surface area contributed by atoms with Gasteiger partial charge in [-0.15, -0.1) is 0 Å². The number of β-amino-alcohol motifs (C(OH)–C–C–N with tert-alkyl or cyclic N) is 2. The minimum Gasteiger partial charge on any atom is -1.00 e. The van der Waals surface area contributed by atoms with Gasteiger partial charge in [0.2, 0.25) is 16.5 Å². The van der Waals surface area contributed by atoms with E-state index in [1.165, 1.54) is 6.20 Å². The van der Waals surface area contributed by atoms with E-state index < -0.39 is 0 Å². The van der Waals surface area contributed by atoms with Crippen molar-refractivity contribution in [3.63, 3.8) is 0 Å². The maximum atomic E-state index is 9.13. The number of carbonyl (C=O) groups excluding carboxylic acids is 1. The molecule has 2 aliphatic heterocycles. The van der Waals surface area contributed by atoms with Gasteiger partial charge in [0.05, 0.1) is 72.1 Å². The van der Waals surface area contributed by atoms with Crippen molar-refractivity contribution in [2.45, 2.75) is 40.0 Å². The molecule has 0 aliphatic carbocycles. The van der Waals surface area contributed by atoms with E-state index in [9.17, 15) is 0 Å². The number of rotatable bonds is 16. The fourth-order valence-corrected chi connectivity index (χ4v) is 10.1. The number of aryl methyl sites for hydroxylation is 3. The Balaban J connectivity index is 0.000000429. The predicted molar refractivity (Wildman–Crippen MR) is 364 cm³/mol. The normalized spacial score (nSPS) is 12.2. The van der Waals surface area contributed by atoms with E-state index in [1.54, 1.807) is 36.7 Å². The number of nitriles is 3. The molecule has 10 rings (SSSR count). The third-order valence-electron chi connectivity index (χ3n) is 13.5. The summed E-state index contributed by atoms with van der Waals surface area (Å²) in [7, 11) is 0. The van der Waals surface area contributed by atoms with Gasteiger partial charge in [-0.1, -0.05) is 87.9 Å². The van der Waals surface area contributed by atoms with E-state index in [0.29, 0.717) is 70.0 Å². The molecule has 0 atom stereocenters. The van der Waals surface area contributed by atoms with Crippen molar-refractivity contribution in [3.8, 4) is 18.2 Å². The Morgan fingerprint density at radius 3 is 1.44 bits per heavy atom. The first-order valence-corrected chi connectivity index (χ1v) is 30.4. The predicted octanol–water partition coefficient (Wildman–Crippen LogP) is 4.37. The first-order chi connectivity index (χ1) is 44.4. The largest absolute Gasteiger partial charge is 1.00 e. The van der Waals surface area contributed by atoms with E-state index in [0.717, 1.165) is 121 Å². The molecule has 2 saturated heterocycles. The quantitative estimate of drug-likeness (QED) is 0.0134.